The second kappa shape index (κ2) is 14.0. The molecule has 0 aromatic heterocycles. The van der Waals surface area contributed by atoms with Gasteiger partial charge in [-0.3, -0.25) is 0 Å². The number of nitrogens with one attached hydrogen (secondary N) is 1. The Morgan fingerprint density at radius 2 is 1.41 bits per heavy atom. The molecule has 132 valence electrons. The second-order valence-electron chi connectivity index (χ2n) is 5.33. The summed E-state index contributed by atoms with van der Waals surface area (Å²) in [5, 5.41) is 2.60. The predicted octanol–water partition coefficient (Wildman–Crippen LogP) is 3.04. The van der Waals surface area contributed by atoms with E-state index in [4.69, 9.17) is 19.0 Å². The molecular formula is C15H34N2O4Si. The number of nitrogens with two attached hydrogens (primary N) is 1. The quantitative estimate of drug-likeness (QED) is 0.356. The van der Waals surface area contributed by atoms with E-state index >= 15 is 0 Å². The topological polar surface area (TPSA) is 82.8 Å². The van der Waals surface area contributed by atoms with Gasteiger partial charge in [0.25, 0.3) is 0 Å². The van der Waals surface area contributed by atoms with E-state index < -0.39 is 14.8 Å². The lowest BCUT2D eigenvalue weighted by molar-refractivity contribution is 0.0586. The highest BCUT2D eigenvalue weighted by atomic mass is 28.4. The summed E-state index contributed by atoms with van der Waals surface area (Å²) in [6.45, 7) is 8.94. The van der Waals surface area contributed by atoms with Crippen LogP contribution in [0.15, 0.2) is 0 Å². The normalized spacial score (nSPS) is 11.6. The molecule has 0 unspecified atom stereocenters. The first kappa shape index (κ1) is 21.4. The zero-order chi connectivity index (χ0) is 16.7. The molecule has 0 atom stereocenters. The SMILES string of the molecule is CCCO[Si](CCCCCNC(N)=O)(OCCC)OCCC. The van der Waals surface area contributed by atoms with E-state index in [-0.39, 0.29) is 0 Å². The molecule has 6 nitrogen and oxygen atoms in total. The molecule has 0 fully saturated rings. The number of carbonyl (C=O) groups is 1. The van der Waals surface area contributed by atoms with E-state index in [2.05, 4.69) is 26.1 Å². The van der Waals surface area contributed by atoms with Crippen LogP contribution in [-0.4, -0.2) is 41.2 Å². The van der Waals surface area contributed by atoms with Crippen molar-refractivity contribution >= 4 is 14.8 Å². The third-order valence-corrected chi connectivity index (χ3v) is 5.94. The Morgan fingerprint density at radius 3 is 1.82 bits per heavy atom. The van der Waals surface area contributed by atoms with Gasteiger partial charge in [-0.05, 0) is 32.1 Å². The summed E-state index contributed by atoms with van der Waals surface area (Å²) in [4.78, 5) is 10.6. The molecular weight excluding hydrogens is 300 g/mol. The van der Waals surface area contributed by atoms with Gasteiger partial charge in [0.2, 0.25) is 0 Å². The largest absolute Gasteiger partial charge is 0.500 e. The number of carbonyl (C=O) groups excluding carboxylic acids is 1. The molecule has 0 aliphatic rings. The minimum absolute atomic E-state index is 0.465. The van der Waals surface area contributed by atoms with E-state index in [0.717, 1.165) is 44.6 Å². The number of amides is 2. The molecule has 0 spiro atoms. The predicted molar refractivity (Wildman–Crippen MR) is 90.7 cm³/mol. The molecule has 0 heterocycles. The van der Waals surface area contributed by atoms with E-state index in [0.29, 0.717) is 26.4 Å². The van der Waals surface area contributed by atoms with Crippen molar-refractivity contribution < 1.29 is 18.1 Å². The zero-order valence-corrected chi connectivity index (χ0v) is 15.5. The number of unbranched alkanes of at least 4 members (excludes halogenated alkanes) is 2. The summed E-state index contributed by atoms with van der Waals surface area (Å²) < 4.78 is 18.1. The third-order valence-electron chi connectivity index (χ3n) is 3.04. The van der Waals surface area contributed by atoms with Crippen molar-refractivity contribution in [3.63, 3.8) is 0 Å². The molecule has 2 amide bonds. The van der Waals surface area contributed by atoms with E-state index in [1.54, 1.807) is 0 Å². The molecule has 0 radical (unpaired) electrons. The Bertz CT molecular complexity index is 258. The van der Waals surface area contributed by atoms with Crippen molar-refractivity contribution in [3.05, 3.63) is 0 Å². The average Bonchev–Trinajstić information content (AvgIpc) is 2.51. The maximum Gasteiger partial charge on any atom is 0.500 e. The van der Waals surface area contributed by atoms with Gasteiger partial charge in [-0.15, -0.1) is 0 Å². The van der Waals surface area contributed by atoms with Crippen LogP contribution in [0.25, 0.3) is 0 Å². The first-order chi connectivity index (χ1) is 10.6. The van der Waals surface area contributed by atoms with Crippen molar-refractivity contribution in [2.45, 2.75) is 65.3 Å². The molecule has 0 rings (SSSR count). The lowest BCUT2D eigenvalue weighted by Crippen LogP contribution is -2.46. The van der Waals surface area contributed by atoms with Gasteiger partial charge in [-0.1, -0.05) is 27.2 Å². The van der Waals surface area contributed by atoms with Crippen molar-refractivity contribution in [2.75, 3.05) is 26.4 Å². The van der Waals surface area contributed by atoms with Crippen molar-refractivity contribution in [1.29, 1.82) is 0 Å². The molecule has 0 saturated heterocycles. The Morgan fingerprint density at radius 1 is 0.909 bits per heavy atom. The fraction of sp³-hybridized carbons (Fsp3) is 0.933. The van der Waals surface area contributed by atoms with Gasteiger partial charge in [-0.2, -0.15) is 0 Å². The molecule has 0 aliphatic heterocycles. The molecule has 0 aromatic carbocycles. The van der Waals surface area contributed by atoms with Crippen LogP contribution in [0.5, 0.6) is 0 Å². The van der Waals surface area contributed by atoms with E-state index in [1.807, 2.05) is 0 Å². The van der Waals surface area contributed by atoms with Gasteiger partial charge in [-0.25, -0.2) is 4.79 Å². The van der Waals surface area contributed by atoms with Crippen LogP contribution in [0.3, 0.4) is 0 Å². The fourth-order valence-corrected chi connectivity index (χ4v) is 4.88. The van der Waals surface area contributed by atoms with Gasteiger partial charge in [0.15, 0.2) is 0 Å². The van der Waals surface area contributed by atoms with Gasteiger partial charge < -0.3 is 24.3 Å². The number of urea groups is 1. The minimum Gasteiger partial charge on any atom is -0.373 e. The standard InChI is InChI=1S/C15H34N2O4Si/c1-4-11-19-22(20-12-5-2,21-13-6-3)14-9-7-8-10-17-15(16)18/h4-14H2,1-3H3,(H3,16,17,18). The molecule has 7 heteroatoms. The summed E-state index contributed by atoms with van der Waals surface area (Å²) in [7, 11) is -2.55. The number of hydrogen-bond acceptors (Lipinski definition) is 4. The average molecular weight is 335 g/mol. The summed E-state index contributed by atoms with van der Waals surface area (Å²) >= 11 is 0. The Kier molecular flexibility index (Phi) is 13.6. The molecule has 0 aliphatic carbocycles. The first-order valence-corrected chi connectivity index (χ1v) is 10.5. The van der Waals surface area contributed by atoms with Crippen LogP contribution >= 0.6 is 0 Å². The molecule has 0 bridgehead atoms. The highest BCUT2D eigenvalue weighted by Gasteiger charge is 2.40. The Labute approximate surface area is 136 Å². The maximum absolute atomic E-state index is 10.6. The Balaban J connectivity index is 4.29. The zero-order valence-electron chi connectivity index (χ0n) is 14.5. The van der Waals surface area contributed by atoms with Gasteiger partial charge in [0, 0.05) is 32.4 Å². The fourth-order valence-electron chi connectivity index (χ4n) is 1.97. The van der Waals surface area contributed by atoms with Crippen molar-refractivity contribution in [1.82, 2.24) is 5.32 Å². The van der Waals surface area contributed by atoms with Crippen molar-refractivity contribution in [3.8, 4) is 0 Å². The molecule has 0 saturated carbocycles. The van der Waals surface area contributed by atoms with Gasteiger partial charge in [0.05, 0.1) is 0 Å². The van der Waals surface area contributed by atoms with Gasteiger partial charge >= 0.3 is 14.8 Å². The van der Waals surface area contributed by atoms with Crippen molar-refractivity contribution in [2.24, 2.45) is 5.73 Å². The smallest absolute Gasteiger partial charge is 0.373 e. The van der Waals surface area contributed by atoms with Crippen LogP contribution in [0.2, 0.25) is 6.04 Å². The highest BCUT2D eigenvalue weighted by Crippen LogP contribution is 2.21. The summed E-state index contributed by atoms with van der Waals surface area (Å²) in [5.74, 6) is 0. The molecule has 0 aromatic rings. The van der Waals surface area contributed by atoms with E-state index in [1.165, 1.54) is 0 Å². The first-order valence-electron chi connectivity index (χ1n) is 8.55. The Hall–Kier alpha value is -0.633. The maximum atomic E-state index is 10.6. The molecule has 22 heavy (non-hydrogen) atoms. The monoisotopic (exact) mass is 334 g/mol. The minimum atomic E-state index is -2.55. The molecule has 3 N–H and O–H groups in total. The second-order valence-corrected chi connectivity index (χ2v) is 8.06. The summed E-state index contributed by atoms with van der Waals surface area (Å²) in [5.41, 5.74) is 5.04. The van der Waals surface area contributed by atoms with Crippen LogP contribution < -0.4 is 11.1 Å². The van der Waals surface area contributed by atoms with Crippen LogP contribution in [0.1, 0.15) is 59.3 Å². The lowest BCUT2D eigenvalue weighted by atomic mass is 10.2. The summed E-state index contributed by atoms with van der Waals surface area (Å²) in [6.07, 6.45) is 5.76. The van der Waals surface area contributed by atoms with Crippen LogP contribution in [0.4, 0.5) is 4.79 Å². The van der Waals surface area contributed by atoms with Crippen LogP contribution in [-0.2, 0) is 13.3 Å². The highest BCUT2D eigenvalue weighted by molar-refractivity contribution is 6.60. The lowest BCUT2D eigenvalue weighted by Gasteiger charge is -2.29. The van der Waals surface area contributed by atoms with Gasteiger partial charge in [0.1, 0.15) is 0 Å². The van der Waals surface area contributed by atoms with Crippen LogP contribution in [0, 0.1) is 0 Å². The number of hydrogen-bond donors (Lipinski definition) is 2. The van der Waals surface area contributed by atoms with E-state index in [9.17, 15) is 4.79 Å². The summed E-state index contributed by atoms with van der Waals surface area (Å²) in [6, 6.07) is 0.372. The number of primary amides is 1. The number of rotatable bonds is 15. The third kappa shape index (κ3) is 11.0.